The monoisotopic (exact) mass is 132 g/mol. The smallest absolute Gasteiger partial charge is 0.0824 e. The fourth-order valence-corrected chi connectivity index (χ4v) is 0.980. The lowest BCUT2D eigenvalue weighted by atomic mass is 9.99. The third-order valence-electron chi connectivity index (χ3n) is 1.70. The predicted octanol–water partition coefficient (Wildman–Crippen LogP) is -0.624. The van der Waals surface area contributed by atoms with Gasteiger partial charge >= 0.3 is 0 Å². The van der Waals surface area contributed by atoms with Crippen LogP contribution in [-0.2, 0) is 4.74 Å². The molecule has 1 aliphatic rings. The second-order valence-corrected chi connectivity index (χ2v) is 2.37. The maximum Gasteiger partial charge on any atom is 0.0824 e. The van der Waals surface area contributed by atoms with E-state index in [4.69, 9.17) is 14.9 Å². The fourth-order valence-electron chi connectivity index (χ4n) is 0.980. The van der Waals surface area contributed by atoms with Crippen LogP contribution in [0.5, 0.6) is 0 Å². The van der Waals surface area contributed by atoms with Gasteiger partial charge in [-0.05, 0) is 6.42 Å². The minimum absolute atomic E-state index is 0.0405. The van der Waals surface area contributed by atoms with Crippen molar-refractivity contribution in [2.75, 3.05) is 19.8 Å². The van der Waals surface area contributed by atoms with Crippen LogP contribution >= 0.6 is 0 Å². The lowest BCUT2D eigenvalue weighted by molar-refractivity contribution is -0.0584. The van der Waals surface area contributed by atoms with Crippen LogP contribution in [0.2, 0.25) is 0 Å². The quantitative estimate of drug-likeness (QED) is 0.499. The van der Waals surface area contributed by atoms with Gasteiger partial charge in [-0.2, -0.15) is 0 Å². The van der Waals surface area contributed by atoms with Crippen LogP contribution in [0.1, 0.15) is 6.42 Å². The van der Waals surface area contributed by atoms with Crippen molar-refractivity contribution in [2.45, 2.75) is 12.5 Å². The van der Waals surface area contributed by atoms with Gasteiger partial charge in [0.25, 0.3) is 0 Å². The number of aliphatic hydroxyl groups is 2. The highest BCUT2D eigenvalue weighted by molar-refractivity contribution is 4.70. The van der Waals surface area contributed by atoms with Crippen LogP contribution in [0.4, 0.5) is 0 Å². The van der Waals surface area contributed by atoms with Gasteiger partial charge in [0.1, 0.15) is 0 Å². The van der Waals surface area contributed by atoms with Gasteiger partial charge in [-0.1, -0.05) is 0 Å². The lowest BCUT2D eigenvalue weighted by Crippen LogP contribution is -2.34. The van der Waals surface area contributed by atoms with Crippen LogP contribution < -0.4 is 0 Å². The fraction of sp³-hybridized carbons (Fsp3) is 1.00. The molecule has 0 spiro atoms. The normalized spacial score (nSPS) is 36.7. The first-order valence-electron chi connectivity index (χ1n) is 3.21. The molecule has 1 aliphatic heterocycles. The van der Waals surface area contributed by atoms with E-state index in [1.807, 2.05) is 0 Å². The van der Waals surface area contributed by atoms with Crippen molar-refractivity contribution < 1.29 is 14.9 Å². The van der Waals surface area contributed by atoms with E-state index in [0.29, 0.717) is 13.2 Å². The molecule has 2 N–H and O–H groups in total. The number of hydrogen-bond donors (Lipinski definition) is 2. The molecule has 0 radical (unpaired) electrons. The molecule has 0 saturated carbocycles. The molecular weight excluding hydrogens is 120 g/mol. The predicted molar refractivity (Wildman–Crippen MR) is 32.0 cm³/mol. The molecule has 2 atom stereocenters. The van der Waals surface area contributed by atoms with Crippen molar-refractivity contribution >= 4 is 0 Å². The Labute approximate surface area is 54.3 Å². The third kappa shape index (κ3) is 1.64. The Morgan fingerprint density at radius 2 is 2.33 bits per heavy atom. The van der Waals surface area contributed by atoms with E-state index >= 15 is 0 Å². The number of aliphatic hydroxyl groups excluding tert-OH is 2. The highest BCUT2D eigenvalue weighted by atomic mass is 16.5. The van der Waals surface area contributed by atoms with Gasteiger partial charge in [0, 0.05) is 19.1 Å². The number of rotatable bonds is 1. The first kappa shape index (κ1) is 6.99. The molecule has 3 nitrogen and oxygen atoms in total. The van der Waals surface area contributed by atoms with Crippen molar-refractivity contribution in [2.24, 2.45) is 5.92 Å². The van der Waals surface area contributed by atoms with E-state index in [2.05, 4.69) is 0 Å². The average molecular weight is 132 g/mol. The Balaban J connectivity index is 2.30. The molecule has 0 bridgehead atoms. The molecule has 1 saturated heterocycles. The van der Waals surface area contributed by atoms with Crippen LogP contribution in [0, 0.1) is 5.92 Å². The Kier molecular flexibility index (Phi) is 2.45. The van der Waals surface area contributed by atoms with Crippen LogP contribution in [-0.4, -0.2) is 36.1 Å². The molecule has 2 unspecified atom stereocenters. The highest BCUT2D eigenvalue weighted by Crippen LogP contribution is 2.13. The van der Waals surface area contributed by atoms with Crippen LogP contribution in [0.3, 0.4) is 0 Å². The molecule has 54 valence electrons. The van der Waals surface area contributed by atoms with Crippen LogP contribution in [0.15, 0.2) is 0 Å². The van der Waals surface area contributed by atoms with Gasteiger partial charge in [0.05, 0.1) is 12.7 Å². The summed E-state index contributed by atoms with van der Waals surface area (Å²) in [6, 6.07) is 0. The van der Waals surface area contributed by atoms with Crippen molar-refractivity contribution in [3.05, 3.63) is 0 Å². The Morgan fingerprint density at radius 3 is 2.78 bits per heavy atom. The molecule has 0 amide bonds. The summed E-state index contributed by atoms with van der Waals surface area (Å²) < 4.78 is 4.95. The summed E-state index contributed by atoms with van der Waals surface area (Å²) >= 11 is 0. The third-order valence-corrected chi connectivity index (χ3v) is 1.70. The van der Waals surface area contributed by atoms with Crippen molar-refractivity contribution in [3.63, 3.8) is 0 Å². The lowest BCUT2D eigenvalue weighted by Gasteiger charge is -2.25. The standard InChI is InChI=1S/C6H12O3/c7-3-5-1-2-9-4-6(5)8/h5-8H,1-4H2. The second-order valence-electron chi connectivity index (χ2n) is 2.37. The number of ether oxygens (including phenoxy) is 1. The molecule has 0 aromatic heterocycles. The van der Waals surface area contributed by atoms with E-state index in [1.165, 1.54) is 0 Å². The van der Waals surface area contributed by atoms with Gasteiger partial charge < -0.3 is 14.9 Å². The van der Waals surface area contributed by atoms with Crippen LogP contribution in [0.25, 0.3) is 0 Å². The molecule has 0 aromatic rings. The van der Waals surface area contributed by atoms with Gasteiger partial charge in [0.15, 0.2) is 0 Å². The largest absolute Gasteiger partial charge is 0.396 e. The summed E-state index contributed by atoms with van der Waals surface area (Å²) in [7, 11) is 0. The van der Waals surface area contributed by atoms with Gasteiger partial charge in [-0.15, -0.1) is 0 Å². The molecule has 0 aromatic carbocycles. The topological polar surface area (TPSA) is 49.7 Å². The molecular formula is C6H12O3. The summed E-state index contributed by atoms with van der Waals surface area (Å²) in [6.07, 6.45) is 0.321. The maximum absolute atomic E-state index is 9.08. The van der Waals surface area contributed by atoms with Crippen molar-refractivity contribution in [1.82, 2.24) is 0 Å². The molecule has 9 heavy (non-hydrogen) atoms. The van der Waals surface area contributed by atoms with E-state index in [9.17, 15) is 0 Å². The zero-order valence-corrected chi connectivity index (χ0v) is 5.29. The zero-order valence-electron chi connectivity index (χ0n) is 5.29. The highest BCUT2D eigenvalue weighted by Gasteiger charge is 2.22. The zero-order chi connectivity index (χ0) is 6.69. The summed E-state index contributed by atoms with van der Waals surface area (Å²) in [5.74, 6) is 0.0405. The maximum atomic E-state index is 9.08. The minimum atomic E-state index is -0.455. The molecule has 3 heteroatoms. The SMILES string of the molecule is OCC1CCOCC1O. The van der Waals surface area contributed by atoms with Gasteiger partial charge in [-0.3, -0.25) is 0 Å². The van der Waals surface area contributed by atoms with Gasteiger partial charge in [0.2, 0.25) is 0 Å². The molecule has 1 fully saturated rings. The minimum Gasteiger partial charge on any atom is -0.396 e. The van der Waals surface area contributed by atoms with E-state index in [-0.39, 0.29) is 12.5 Å². The summed E-state index contributed by atoms with van der Waals surface area (Å²) in [4.78, 5) is 0. The summed E-state index contributed by atoms with van der Waals surface area (Å²) in [6.45, 7) is 1.12. The Morgan fingerprint density at radius 1 is 1.56 bits per heavy atom. The summed E-state index contributed by atoms with van der Waals surface area (Å²) in [5, 5.41) is 17.7. The Bertz CT molecular complexity index is 84.4. The Hall–Kier alpha value is -0.120. The first-order chi connectivity index (χ1) is 4.34. The summed E-state index contributed by atoms with van der Waals surface area (Å²) in [5.41, 5.74) is 0. The molecule has 0 aliphatic carbocycles. The molecule has 1 rings (SSSR count). The van der Waals surface area contributed by atoms with Crippen molar-refractivity contribution in [3.8, 4) is 0 Å². The van der Waals surface area contributed by atoms with E-state index in [0.717, 1.165) is 6.42 Å². The first-order valence-corrected chi connectivity index (χ1v) is 3.21. The molecule has 1 heterocycles. The van der Waals surface area contributed by atoms with Gasteiger partial charge in [-0.25, -0.2) is 0 Å². The van der Waals surface area contributed by atoms with E-state index < -0.39 is 6.10 Å². The average Bonchev–Trinajstić information content (AvgIpc) is 1.89. The van der Waals surface area contributed by atoms with Crippen molar-refractivity contribution in [1.29, 1.82) is 0 Å². The number of hydrogen-bond acceptors (Lipinski definition) is 3. The van der Waals surface area contributed by atoms with E-state index in [1.54, 1.807) is 0 Å². The second kappa shape index (κ2) is 3.15.